The van der Waals surface area contributed by atoms with E-state index in [-0.39, 0.29) is 24.2 Å². The van der Waals surface area contributed by atoms with Crippen LogP contribution in [0.5, 0.6) is 0 Å². The van der Waals surface area contributed by atoms with Gasteiger partial charge in [0, 0.05) is 28.8 Å². The Hall–Kier alpha value is -1.85. The zero-order valence-electron chi connectivity index (χ0n) is 14.0. The molecule has 1 heterocycles. The third-order valence-corrected chi connectivity index (χ3v) is 5.72. The standard InChI is InChI=1S/C19H18BrClN2O2/c1-11-3-5-15(7-12(11)2)23-10-13(8-18(23)24)19(25)22-14-4-6-16(20)17(21)9-14/h3-7,9,13H,8,10H2,1-2H3,(H,22,25)/t13-/m1/s1. The van der Waals surface area contributed by atoms with E-state index in [0.29, 0.717) is 17.3 Å². The highest BCUT2D eigenvalue weighted by atomic mass is 79.9. The molecule has 130 valence electrons. The number of rotatable bonds is 3. The molecule has 0 aliphatic carbocycles. The molecule has 1 aliphatic rings. The third kappa shape index (κ3) is 3.88. The molecule has 1 saturated heterocycles. The van der Waals surface area contributed by atoms with Crippen LogP contribution in [0.1, 0.15) is 17.5 Å². The molecule has 2 aromatic carbocycles. The average Bonchev–Trinajstić information content (AvgIpc) is 2.95. The number of benzene rings is 2. The molecule has 1 aliphatic heterocycles. The summed E-state index contributed by atoms with van der Waals surface area (Å²) in [7, 11) is 0. The Labute approximate surface area is 160 Å². The number of halogens is 2. The zero-order chi connectivity index (χ0) is 18.1. The summed E-state index contributed by atoms with van der Waals surface area (Å²) in [5.41, 5.74) is 3.77. The Kier molecular flexibility index (Phi) is 5.16. The first-order valence-corrected chi connectivity index (χ1v) is 9.16. The van der Waals surface area contributed by atoms with Gasteiger partial charge in [-0.25, -0.2) is 0 Å². The summed E-state index contributed by atoms with van der Waals surface area (Å²) in [6.45, 7) is 4.43. The largest absolute Gasteiger partial charge is 0.326 e. The highest BCUT2D eigenvalue weighted by Gasteiger charge is 2.35. The molecule has 0 saturated carbocycles. The fourth-order valence-electron chi connectivity index (χ4n) is 2.84. The molecule has 2 aromatic rings. The van der Waals surface area contributed by atoms with Gasteiger partial charge < -0.3 is 10.2 Å². The molecule has 6 heteroatoms. The monoisotopic (exact) mass is 420 g/mol. The van der Waals surface area contributed by atoms with Crippen molar-refractivity contribution < 1.29 is 9.59 Å². The molecule has 1 N–H and O–H groups in total. The normalized spacial score (nSPS) is 17.0. The minimum atomic E-state index is -0.378. The second-order valence-electron chi connectivity index (χ2n) is 6.29. The van der Waals surface area contributed by atoms with Gasteiger partial charge in [0.25, 0.3) is 0 Å². The van der Waals surface area contributed by atoms with Crippen molar-refractivity contribution in [3.63, 3.8) is 0 Å². The fraction of sp³-hybridized carbons (Fsp3) is 0.263. The first kappa shape index (κ1) is 18.0. The van der Waals surface area contributed by atoms with Gasteiger partial charge in [-0.3, -0.25) is 9.59 Å². The Morgan fingerprint density at radius 2 is 1.96 bits per heavy atom. The maximum atomic E-state index is 12.5. The summed E-state index contributed by atoms with van der Waals surface area (Å²) in [6, 6.07) is 11.1. The van der Waals surface area contributed by atoms with Gasteiger partial charge in [-0.05, 0) is 71.2 Å². The van der Waals surface area contributed by atoms with E-state index in [0.717, 1.165) is 15.7 Å². The Balaban J connectivity index is 1.71. The van der Waals surface area contributed by atoms with Crippen molar-refractivity contribution in [2.75, 3.05) is 16.8 Å². The number of aryl methyl sites for hydroxylation is 2. The van der Waals surface area contributed by atoms with Crippen LogP contribution in [0, 0.1) is 19.8 Å². The first-order chi connectivity index (χ1) is 11.8. The topological polar surface area (TPSA) is 49.4 Å². The summed E-state index contributed by atoms with van der Waals surface area (Å²) < 4.78 is 0.768. The summed E-state index contributed by atoms with van der Waals surface area (Å²) in [5.74, 6) is -0.577. The minimum absolute atomic E-state index is 0.0303. The quantitative estimate of drug-likeness (QED) is 0.780. The van der Waals surface area contributed by atoms with E-state index in [2.05, 4.69) is 21.2 Å². The van der Waals surface area contributed by atoms with Gasteiger partial charge in [0.05, 0.1) is 10.9 Å². The Morgan fingerprint density at radius 1 is 1.20 bits per heavy atom. The molecule has 2 amide bonds. The molecular formula is C19H18BrClN2O2. The highest BCUT2D eigenvalue weighted by Crippen LogP contribution is 2.29. The van der Waals surface area contributed by atoms with Crippen LogP contribution in [0.15, 0.2) is 40.9 Å². The van der Waals surface area contributed by atoms with E-state index in [9.17, 15) is 9.59 Å². The average molecular weight is 422 g/mol. The molecule has 0 aromatic heterocycles. The van der Waals surface area contributed by atoms with Crippen molar-refractivity contribution in [3.05, 3.63) is 57.0 Å². The van der Waals surface area contributed by atoms with Crippen molar-refractivity contribution in [2.45, 2.75) is 20.3 Å². The van der Waals surface area contributed by atoms with Crippen LogP contribution in [-0.4, -0.2) is 18.4 Å². The van der Waals surface area contributed by atoms with Crippen LogP contribution in [0.2, 0.25) is 5.02 Å². The Morgan fingerprint density at radius 3 is 2.64 bits per heavy atom. The van der Waals surface area contributed by atoms with E-state index in [1.165, 1.54) is 5.56 Å². The smallest absolute Gasteiger partial charge is 0.229 e. The van der Waals surface area contributed by atoms with Crippen LogP contribution >= 0.6 is 27.5 Å². The number of carbonyl (C=O) groups is 2. The van der Waals surface area contributed by atoms with Gasteiger partial charge in [-0.15, -0.1) is 0 Å². The molecule has 0 radical (unpaired) electrons. The summed E-state index contributed by atoms with van der Waals surface area (Å²) in [5, 5.41) is 3.37. The van der Waals surface area contributed by atoms with E-state index in [1.54, 1.807) is 23.1 Å². The van der Waals surface area contributed by atoms with Gasteiger partial charge in [0.15, 0.2) is 0 Å². The predicted molar refractivity (Wildman–Crippen MR) is 104 cm³/mol. The fourth-order valence-corrected chi connectivity index (χ4v) is 3.27. The molecule has 3 rings (SSSR count). The van der Waals surface area contributed by atoms with E-state index < -0.39 is 0 Å². The van der Waals surface area contributed by atoms with Crippen molar-refractivity contribution in [1.29, 1.82) is 0 Å². The van der Waals surface area contributed by atoms with Gasteiger partial charge in [-0.2, -0.15) is 0 Å². The highest BCUT2D eigenvalue weighted by molar-refractivity contribution is 9.10. The Bertz CT molecular complexity index is 853. The van der Waals surface area contributed by atoms with Crippen LogP contribution in [-0.2, 0) is 9.59 Å². The maximum Gasteiger partial charge on any atom is 0.229 e. The number of hydrogen-bond acceptors (Lipinski definition) is 2. The van der Waals surface area contributed by atoms with Crippen LogP contribution in [0.4, 0.5) is 11.4 Å². The van der Waals surface area contributed by atoms with Crippen molar-refractivity contribution in [3.8, 4) is 0 Å². The molecule has 0 unspecified atom stereocenters. The van der Waals surface area contributed by atoms with Crippen molar-refractivity contribution in [2.24, 2.45) is 5.92 Å². The lowest BCUT2D eigenvalue weighted by molar-refractivity contribution is -0.122. The van der Waals surface area contributed by atoms with Crippen LogP contribution < -0.4 is 10.2 Å². The van der Waals surface area contributed by atoms with Gasteiger partial charge in [0.2, 0.25) is 11.8 Å². The second-order valence-corrected chi connectivity index (χ2v) is 7.55. The molecule has 4 nitrogen and oxygen atoms in total. The summed E-state index contributed by atoms with van der Waals surface area (Å²) >= 11 is 9.37. The molecule has 1 fully saturated rings. The lowest BCUT2D eigenvalue weighted by Crippen LogP contribution is -2.28. The summed E-state index contributed by atoms with van der Waals surface area (Å²) in [6.07, 6.45) is 0.211. The van der Waals surface area contributed by atoms with Gasteiger partial charge >= 0.3 is 0 Å². The number of carbonyl (C=O) groups excluding carboxylic acids is 2. The van der Waals surface area contributed by atoms with Crippen LogP contribution in [0.25, 0.3) is 0 Å². The number of amides is 2. The molecule has 1 atom stereocenters. The molecule has 0 spiro atoms. The van der Waals surface area contributed by atoms with Crippen LogP contribution in [0.3, 0.4) is 0 Å². The van der Waals surface area contributed by atoms with E-state index in [4.69, 9.17) is 11.6 Å². The number of nitrogens with one attached hydrogen (secondary N) is 1. The molecular weight excluding hydrogens is 404 g/mol. The minimum Gasteiger partial charge on any atom is -0.326 e. The van der Waals surface area contributed by atoms with Gasteiger partial charge in [-0.1, -0.05) is 17.7 Å². The van der Waals surface area contributed by atoms with Crippen molar-refractivity contribution >= 4 is 50.7 Å². The number of nitrogens with zero attached hydrogens (tertiary/aromatic N) is 1. The maximum absolute atomic E-state index is 12.5. The lowest BCUT2D eigenvalue weighted by Gasteiger charge is -2.18. The molecule has 0 bridgehead atoms. The summed E-state index contributed by atoms with van der Waals surface area (Å²) in [4.78, 5) is 26.6. The van der Waals surface area contributed by atoms with E-state index >= 15 is 0 Å². The van der Waals surface area contributed by atoms with Crippen molar-refractivity contribution in [1.82, 2.24) is 0 Å². The number of anilines is 2. The predicted octanol–water partition coefficient (Wildman–Crippen LogP) is 4.71. The van der Waals surface area contributed by atoms with Gasteiger partial charge in [0.1, 0.15) is 0 Å². The van der Waals surface area contributed by atoms with E-state index in [1.807, 2.05) is 32.0 Å². The lowest BCUT2D eigenvalue weighted by atomic mass is 10.1. The SMILES string of the molecule is Cc1ccc(N2C[C@H](C(=O)Nc3ccc(Br)c(Cl)c3)CC2=O)cc1C. The second kappa shape index (κ2) is 7.18. The number of hydrogen-bond donors (Lipinski definition) is 1. The first-order valence-electron chi connectivity index (χ1n) is 7.98. The molecule has 25 heavy (non-hydrogen) atoms. The third-order valence-electron chi connectivity index (χ3n) is 4.49. The zero-order valence-corrected chi connectivity index (χ0v) is 16.3.